The minimum atomic E-state index is 0.290. The molecule has 2 rings (SSSR count). The van der Waals surface area contributed by atoms with E-state index in [2.05, 4.69) is 11.8 Å². The number of hydrogen-bond acceptors (Lipinski definition) is 3. The molecular formula is C15H21ClN2OS. The van der Waals surface area contributed by atoms with Crippen molar-refractivity contribution in [1.82, 2.24) is 0 Å². The van der Waals surface area contributed by atoms with Crippen molar-refractivity contribution < 1.29 is 4.74 Å². The fraction of sp³-hybridized carbons (Fsp3) is 0.533. The third kappa shape index (κ3) is 3.84. The van der Waals surface area contributed by atoms with Gasteiger partial charge in [0.25, 0.3) is 0 Å². The van der Waals surface area contributed by atoms with Crippen molar-refractivity contribution in [3.8, 4) is 0 Å². The standard InChI is InChI=1S/C15H21ClN2OS/c1-2-8-19-12-4-3-7-18(10-12)14-6-5-11(16)9-13(14)15(17)20/h5-6,9,12H,2-4,7-8,10H2,1H3,(H2,17,20). The van der Waals surface area contributed by atoms with E-state index in [0.29, 0.717) is 16.1 Å². The minimum absolute atomic E-state index is 0.290. The molecule has 3 nitrogen and oxygen atoms in total. The lowest BCUT2D eigenvalue weighted by molar-refractivity contribution is 0.0440. The average Bonchev–Trinajstić information content (AvgIpc) is 2.45. The Kier molecular flexibility index (Phi) is 5.64. The van der Waals surface area contributed by atoms with Gasteiger partial charge in [-0.25, -0.2) is 0 Å². The summed E-state index contributed by atoms with van der Waals surface area (Å²) in [7, 11) is 0. The number of rotatable bonds is 5. The lowest BCUT2D eigenvalue weighted by Crippen LogP contribution is -2.40. The molecule has 1 saturated heterocycles. The van der Waals surface area contributed by atoms with Gasteiger partial charge in [0.2, 0.25) is 0 Å². The molecule has 1 atom stereocenters. The highest BCUT2D eigenvalue weighted by molar-refractivity contribution is 7.80. The number of benzene rings is 1. The van der Waals surface area contributed by atoms with Crippen molar-refractivity contribution in [2.45, 2.75) is 32.3 Å². The molecule has 0 radical (unpaired) electrons. The Bertz CT molecular complexity index is 481. The van der Waals surface area contributed by atoms with Gasteiger partial charge in [-0.1, -0.05) is 30.7 Å². The molecule has 0 saturated carbocycles. The summed E-state index contributed by atoms with van der Waals surface area (Å²) in [5.74, 6) is 0. The van der Waals surface area contributed by atoms with Crippen molar-refractivity contribution in [3.05, 3.63) is 28.8 Å². The molecule has 0 bridgehead atoms. The van der Waals surface area contributed by atoms with Crippen LogP contribution in [0.3, 0.4) is 0 Å². The molecule has 1 aliphatic heterocycles. The Hall–Kier alpha value is -0.840. The van der Waals surface area contributed by atoms with Crippen molar-refractivity contribution in [2.24, 2.45) is 5.73 Å². The summed E-state index contributed by atoms with van der Waals surface area (Å²) in [4.78, 5) is 2.69. The van der Waals surface area contributed by atoms with Crippen LogP contribution in [0.2, 0.25) is 5.02 Å². The van der Waals surface area contributed by atoms with E-state index in [1.807, 2.05) is 18.2 Å². The first-order chi connectivity index (χ1) is 9.61. The third-order valence-corrected chi connectivity index (χ3v) is 3.96. The number of nitrogens with two attached hydrogens (primary N) is 1. The van der Waals surface area contributed by atoms with Crippen LogP contribution in [0.25, 0.3) is 0 Å². The van der Waals surface area contributed by atoms with Crippen molar-refractivity contribution >= 4 is 34.5 Å². The van der Waals surface area contributed by atoms with Crippen LogP contribution in [0.1, 0.15) is 31.7 Å². The van der Waals surface area contributed by atoms with Crippen LogP contribution in [0.5, 0.6) is 0 Å². The topological polar surface area (TPSA) is 38.5 Å². The highest BCUT2D eigenvalue weighted by atomic mass is 35.5. The molecule has 1 aromatic rings. The molecule has 1 fully saturated rings. The highest BCUT2D eigenvalue weighted by Crippen LogP contribution is 2.27. The summed E-state index contributed by atoms with van der Waals surface area (Å²) in [5, 5.41) is 0.660. The summed E-state index contributed by atoms with van der Waals surface area (Å²) < 4.78 is 5.88. The second-order valence-electron chi connectivity index (χ2n) is 5.11. The average molecular weight is 313 g/mol. The van der Waals surface area contributed by atoms with Gasteiger partial charge in [0.15, 0.2) is 0 Å². The Labute approximate surface area is 131 Å². The highest BCUT2D eigenvalue weighted by Gasteiger charge is 2.22. The molecule has 0 amide bonds. The van der Waals surface area contributed by atoms with Gasteiger partial charge in [-0.3, -0.25) is 0 Å². The largest absolute Gasteiger partial charge is 0.389 e. The Morgan fingerprint density at radius 3 is 3.05 bits per heavy atom. The molecule has 0 aromatic heterocycles. The monoisotopic (exact) mass is 312 g/mol. The zero-order valence-electron chi connectivity index (χ0n) is 11.8. The van der Waals surface area contributed by atoms with Crippen molar-refractivity contribution in [1.29, 1.82) is 0 Å². The molecule has 0 spiro atoms. The van der Waals surface area contributed by atoms with Crippen molar-refractivity contribution in [2.75, 3.05) is 24.6 Å². The van der Waals surface area contributed by atoms with Gasteiger partial charge in [0.1, 0.15) is 4.99 Å². The first-order valence-electron chi connectivity index (χ1n) is 7.07. The summed E-state index contributed by atoms with van der Waals surface area (Å²) >= 11 is 11.2. The summed E-state index contributed by atoms with van der Waals surface area (Å²) in [5.41, 5.74) is 7.73. The van der Waals surface area contributed by atoms with E-state index in [1.54, 1.807) is 0 Å². The maximum Gasteiger partial charge on any atom is 0.106 e. The van der Waals surface area contributed by atoms with Crippen LogP contribution in [0, 0.1) is 0 Å². The zero-order chi connectivity index (χ0) is 14.5. The predicted molar refractivity (Wildman–Crippen MR) is 88.8 cm³/mol. The second-order valence-corrected chi connectivity index (χ2v) is 5.98. The van der Waals surface area contributed by atoms with Gasteiger partial charge in [-0.05, 0) is 37.5 Å². The fourth-order valence-electron chi connectivity index (χ4n) is 2.56. The Morgan fingerprint density at radius 1 is 1.55 bits per heavy atom. The van der Waals surface area contributed by atoms with Crippen LogP contribution >= 0.6 is 23.8 Å². The SMILES string of the molecule is CCCOC1CCCN(c2ccc(Cl)cc2C(N)=S)C1. The Morgan fingerprint density at radius 2 is 2.35 bits per heavy atom. The van der Waals surface area contributed by atoms with Gasteiger partial charge in [-0.2, -0.15) is 0 Å². The van der Waals surface area contributed by atoms with E-state index in [0.717, 1.165) is 50.2 Å². The van der Waals surface area contributed by atoms with Gasteiger partial charge in [0.05, 0.1) is 6.10 Å². The number of hydrogen-bond donors (Lipinski definition) is 1. The molecule has 1 unspecified atom stereocenters. The number of anilines is 1. The number of nitrogens with zero attached hydrogens (tertiary/aromatic N) is 1. The first-order valence-corrected chi connectivity index (χ1v) is 7.86. The molecule has 1 aliphatic rings. The molecule has 2 N–H and O–H groups in total. The summed E-state index contributed by atoms with van der Waals surface area (Å²) in [6.45, 7) is 4.84. The normalized spacial score (nSPS) is 19.1. The summed E-state index contributed by atoms with van der Waals surface area (Å²) in [6, 6.07) is 5.73. The minimum Gasteiger partial charge on any atom is -0.389 e. The van der Waals surface area contributed by atoms with Crippen molar-refractivity contribution in [3.63, 3.8) is 0 Å². The number of halogens is 1. The maximum absolute atomic E-state index is 6.04. The fourth-order valence-corrected chi connectivity index (χ4v) is 2.89. The van der Waals surface area contributed by atoms with Crippen LogP contribution in [0.15, 0.2) is 18.2 Å². The van der Waals surface area contributed by atoms with Gasteiger partial charge < -0.3 is 15.4 Å². The number of thiocarbonyl (C=S) groups is 1. The third-order valence-electron chi connectivity index (χ3n) is 3.50. The molecule has 1 heterocycles. The van der Waals surface area contributed by atoms with Crippen LogP contribution in [-0.4, -0.2) is 30.8 Å². The quantitative estimate of drug-likeness (QED) is 0.846. The number of ether oxygens (including phenoxy) is 1. The maximum atomic E-state index is 6.04. The Balaban J connectivity index is 2.16. The second kappa shape index (κ2) is 7.25. The molecule has 0 aliphatic carbocycles. The lowest BCUT2D eigenvalue weighted by atomic mass is 10.0. The number of piperidine rings is 1. The van der Waals surface area contributed by atoms with E-state index < -0.39 is 0 Å². The smallest absolute Gasteiger partial charge is 0.106 e. The van der Waals surface area contributed by atoms with E-state index in [4.69, 9.17) is 34.3 Å². The van der Waals surface area contributed by atoms with Gasteiger partial charge >= 0.3 is 0 Å². The van der Waals surface area contributed by atoms with Gasteiger partial charge in [0, 0.05) is 36.0 Å². The molecular weight excluding hydrogens is 292 g/mol. The van der Waals surface area contributed by atoms with Crippen LogP contribution < -0.4 is 10.6 Å². The van der Waals surface area contributed by atoms with E-state index in [1.165, 1.54) is 0 Å². The molecule has 20 heavy (non-hydrogen) atoms. The van der Waals surface area contributed by atoms with Gasteiger partial charge in [-0.15, -0.1) is 0 Å². The lowest BCUT2D eigenvalue weighted by Gasteiger charge is -2.35. The van der Waals surface area contributed by atoms with E-state index in [-0.39, 0.29) is 0 Å². The zero-order valence-corrected chi connectivity index (χ0v) is 13.3. The van der Waals surface area contributed by atoms with Crippen LogP contribution in [0.4, 0.5) is 5.69 Å². The van der Waals surface area contributed by atoms with E-state index in [9.17, 15) is 0 Å². The summed E-state index contributed by atoms with van der Waals surface area (Å²) in [6.07, 6.45) is 3.58. The predicted octanol–water partition coefficient (Wildman–Crippen LogP) is 3.37. The molecule has 110 valence electrons. The van der Waals surface area contributed by atoms with E-state index >= 15 is 0 Å². The first kappa shape index (κ1) is 15.5. The van der Waals surface area contributed by atoms with Crippen LogP contribution in [-0.2, 0) is 4.74 Å². The molecule has 1 aromatic carbocycles. The molecule has 5 heteroatoms.